The second-order valence-electron chi connectivity index (χ2n) is 8.56. The molecule has 30 heavy (non-hydrogen) atoms. The molecule has 0 spiro atoms. The Hall–Kier alpha value is -2.35. The molecule has 1 saturated heterocycles. The largest absolute Gasteiger partial charge is 0.416 e. The number of alkyl halides is 3. The number of carbonyl (C=O) groups is 3. The topological polar surface area (TPSA) is 66.5 Å². The molecule has 0 unspecified atom stereocenters. The Morgan fingerprint density at radius 2 is 1.70 bits per heavy atom. The van der Waals surface area contributed by atoms with Gasteiger partial charge in [-0.15, -0.1) is 0 Å². The van der Waals surface area contributed by atoms with Gasteiger partial charge in [0.05, 0.1) is 28.1 Å². The minimum Gasteiger partial charge on any atom is -0.323 e. The molecule has 5 aliphatic rings. The van der Waals surface area contributed by atoms with Gasteiger partial charge in [0.15, 0.2) is 0 Å². The number of amides is 3. The molecule has 1 N–H and O–H groups in total. The molecular weight excluding hydrogens is 421 g/mol. The highest BCUT2D eigenvalue weighted by molar-refractivity contribution is 6.33. The molecule has 5 nitrogen and oxygen atoms in total. The summed E-state index contributed by atoms with van der Waals surface area (Å²) in [7, 11) is 0. The molecular formula is C21H18ClF3N2O3. The number of rotatable bonds is 3. The fraction of sp³-hybridized carbons (Fsp3) is 0.476. The van der Waals surface area contributed by atoms with Gasteiger partial charge in [-0.2, -0.15) is 13.2 Å². The third-order valence-electron chi connectivity index (χ3n) is 7.02. The second-order valence-corrected chi connectivity index (χ2v) is 8.97. The van der Waals surface area contributed by atoms with E-state index in [-0.39, 0.29) is 34.4 Å². The minimum atomic E-state index is -4.60. The third kappa shape index (κ3) is 2.72. The highest BCUT2D eigenvalue weighted by Crippen LogP contribution is 2.65. The number of halogens is 4. The van der Waals surface area contributed by atoms with Crippen LogP contribution in [0, 0.1) is 35.5 Å². The smallest absolute Gasteiger partial charge is 0.323 e. The Bertz CT molecular complexity index is 972. The van der Waals surface area contributed by atoms with Gasteiger partial charge >= 0.3 is 6.18 Å². The van der Waals surface area contributed by atoms with Crippen molar-refractivity contribution in [3.05, 3.63) is 40.9 Å². The summed E-state index contributed by atoms with van der Waals surface area (Å²) in [5.74, 6) is -1.45. The second kappa shape index (κ2) is 6.33. The molecule has 1 heterocycles. The summed E-state index contributed by atoms with van der Waals surface area (Å²) >= 11 is 5.94. The first-order valence-electron chi connectivity index (χ1n) is 9.82. The maximum atomic E-state index is 13.1. The number of likely N-dealkylation sites (tertiary alicyclic amines) is 1. The first kappa shape index (κ1) is 19.6. The number of nitrogens with one attached hydrogen (secondary N) is 1. The molecule has 158 valence electrons. The average Bonchev–Trinajstić information content (AvgIpc) is 3.46. The molecule has 0 radical (unpaired) electrons. The predicted molar refractivity (Wildman–Crippen MR) is 101 cm³/mol. The lowest BCUT2D eigenvalue weighted by Crippen LogP contribution is -2.46. The highest BCUT2D eigenvalue weighted by Gasteiger charge is 2.67. The van der Waals surface area contributed by atoms with E-state index in [0.717, 1.165) is 29.5 Å². The standard InChI is InChI=1S/C21H18ClF3N2O3/c1-8(18(28)26-15-6-9(21(23,24)25)2-5-14(15)22)27-19(29)16-10-3-4-11(13-7-12(10)13)17(16)20(27)30/h2-6,8,10-13,16-17H,7H2,1H3,(H,26,28)/t8-,10+,11+,12+,13+,16-,17-/m1/s1. The van der Waals surface area contributed by atoms with Crippen LogP contribution in [0.1, 0.15) is 18.9 Å². The van der Waals surface area contributed by atoms with E-state index in [9.17, 15) is 27.6 Å². The van der Waals surface area contributed by atoms with Crippen molar-refractivity contribution in [2.45, 2.75) is 25.6 Å². The number of carbonyl (C=O) groups excluding carboxylic acids is 3. The summed E-state index contributed by atoms with van der Waals surface area (Å²) in [4.78, 5) is 39.9. The third-order valence-corrected chi connectivity index (χ3v) is 7.34. The zero-order chi connectivity index (χ0) is 21.5. The molecule has 4 aliphatic carbocycles. The van der Waals surface area contributed by atoms with Crippen LogP contribution >= 0.6 is 11.6 Å². The molecule has 9 heteroatoms. The van der Waals surface area contributed by atoms with E-state index in [1.165, 1.54) is 6.92 Å². The fourth-order valence-corrected chi connectivity index (χ4v) is 5.68. The first-order chi connectivity index (χ1) is 14.1. The summed E-state index contributed by atoms with van der Waals surface area (Å²) in [5, 5.41) is 2.27. The van der Waals surface area contributed by atoms with Gasteiger partial charge in [-0.1, -0.05) is 23.8 Å². The van der Waals surface area contributed by atoms with Crippen LogP contribution in [-0.4, -0.2) is 28.7 Å². The van der Waals surface area contributed by atoms with Crippen LogP contribution in [0.2, 0.25) is 5.02 Å². The monoisotopic (exact) mass is 438 g/mol. The van der Waals surface area contributed by atoms with Crippen LogP contribution in [0.25, 0.3) is 0 Å². The Kier molecular flexibility index (Phi) is 4.13. The van der Waals surface area contributed by atoms with Gasteiger partial charge in [-0.05, 0) is 55.2 Å². The lowest BCUT2D eigenvalue weighted by molar-refractivity contribution is -0.146. The molecule has 1 aromatic carbocycles. The average molecular weight is 439 g/mol. The van der Waals surface area contributed by atoms with Crippen molar-refractivity contribution >= 4 is 35.0 Å². The van der Waals surface area contributed by atoms with Crippen LogP contribution in [-0.2, 0) is 20.6 Å². The molecule has 2 saturated carbocycles. The summed E-state index contributed by atoms with van der Waals surface area (Å²) in [6.45, 7) is 1.40. The van der Waals surface area contributed by atoms with Crippen LogP contribution < -0.4 is 5.32 Å². The van der Waals surface area contributed by atoms with Crippen LogP contribution in [0.15, 0.2) is 30.4 Å². The number of hydrogen-bond acceptors (Lipinski definition) is 3. The zero-order valence-electron chi connectivity index (χ0n) is 15.8. The van der Waals surface area contributed by atoms with E-state index >= 15 is 0 Å². The van der Waals surface area contributed by atoms with Gasteiger partial charge in [0.25, 0.3) is 0 Å². The van der Waals surface area contributed by atoms with Crippen LogP contribution in [0.4, 0.5) is 18.9 Å². The molecule has 7 atom stereocenters. The van der Waals surface area contributed by atoms with Crippen molar-refractivity contribution in [3.8, 4) is 0 Å². The molecule has 0 aromatic heterocycles. The van der Waals surface area contributed by atoms with Gasteiger partial charge < -0.3 is 5.32 Å². The molecule has 3 amide bonds. The van der Waals surface area contributed by atoms with Gasteiger partial charge in [-0.25, -0.2) is 0 Å². The van der Waals surface area contributed by atoms with Crippen molar-refractivity contribution < 1.29 is 27.6 Å². The SMILES string of the molecule is C[C@H](C(=O)Nc1cc(C(F)(F)F)ccc1Cl)N1C(=O)[C@@H]2[C@H]3C=C[C@@H]([C@@H]4C[C@@H]34)[C@H]2C1=O. The number of imide groups is 1. The summed E-state index contributed by atoms with van der Waals surface area (Å²) in [6, 6.07) is 1.43. The van der Waals surface area contributed by atoms with E-state index in [4.69, 9.17) is 11.6 Å². The van der Waals surface area contributed by atoms with E-state index in [0.29, 0.717) is 11.8 Å². The van der Waals surface area contributed by atoms with Gasteiger partial charge in [-0.3, -0.25) is 19.3 Å². The molecule has 2 bridgehead atoms. The molecule has 1 aromatic rings. The van der Waals surface area contributed by atoms with E-state index in [1.807, 2.05) is 12.2 Å². The fourth-order valence-electron chi connectivity index (χ4n) is 5.51. The molecule has 1 aliphatic heterocycles. The predicted octanol–water partition coefficient (Wildman–Crippen LogP) is 3.74. The summed E-state index contributed by atoms with van der Waals surface area (Å²) < 4.78 is 38.9. The Balaban J connectivity index is 1.37. The number of benzene rings is 1. The van der Waals surface area contributed by atoms with E-state index in [1.54, 1.807) is 0 Å². The number of hydrogen-bond donors (Lipinski definition) is 1. The minimum absolute atomic E-state index is 0.0274. The van der Waals surface area contributed by atoms with Crippen molar-refractivity contribution in [3.63, 3.8) is 0 Å². The van der Waals surface area contributed by atoms with Crippen molar-refractivity contribution in [1.82, 2.24) is 4.90 Å². The van der Waals surface area contributed by atoms with E-state index in [2.05, 4.69) is 5.32 Å². The number of anilines is 1. The van der Waals surface area contributed by atoms with Crippen LogP contribution in [0.3, 0.4) is 0 Å². The number of nitrogens with zero attached hydrogens (tertiary/aromatic N) is 1. The highest BCUT2D eigenvalue weighted by atomic mass is 35.5. The lowest BCUT2D eigenvalue weighted by atomic mass is 9.63. The van der Waals surface area contributed by atoms with Crippen LogP contribution in [0.5, 0.6) is 0 Å². The number of allylic oxidation sites excluding steroid dienone is 2. The van der Waals surface area contributed by atoms with Crippen molar-refractivity contribution in [2.75, 3.05) is 5.32 Å². The molecule has 3 fully saturated rings. The first-order valence-corrected chi connectivity index (χ1v) is 10.2. The van der Waals surface area contributed by atoms with Gasteiger partial charge in [0.1, 0.15) is 6.04 Å². The molecule has 6 rings (SSSR count). The maximum Gasteiger partial charge on any atom is 0.416 e. The Labute approximate surface area is 175 Å². The van der Waals surface area contributed by atoms with Crippen molar-refractivity contribution in [2.24, 2.45) is 35.5 Å². The summed E-state index contributed by atoms with van der Waals surface area (Å²) in [5.41, 5.74) is -1.18. The van der Waals surface area contributed by atoms with Crippen molar-refractivity contribution in [1.29, 1.82) is 0 Å². The zero-order valence-corrected chi connectivity index (χ0v) is 16.6. The lowest BCUT2D eigenvalue weighted by Gasteiger charge is -2.37. The van der Waals surface area contributed by atoms with Gasteiger partial charge in [0, 0.05) is 0 Å². The quantitative estimate of drug-likeness (QED) is 0.577. The van der Waals surface area contributed by atoms with E-state index < -0.39 is 35.5 Å². The normalized spacial score (nSPS) is 34.6. The van der Waals surface area contributed by atoms with Gasteiger partial charge in [0.2, 0.25) is 17.7 Å². The maximum absolute atomic E-state index is 13.1. The Morgan fingerprint density at radius 3 is 2.23 bits per heavy atom. The summed E-state index contributed by atoms with van der Waals surface area (Å²) in [6.07, 6.45) is 0.489. The Morgan fingerprint density at radius 1 is 1.13 bits per heavy atom.